The van der Waals surface area contributed by atoms with Crippen LogP contribution in [0.1, 0.15) is 50.6 Å². The predicted octanol–water partition coefficient (Wildman–Crippen LogP) is 3.84. The van der Waals surface area contributed by atoms with E-state index in [1.54, 1.807) is 12.1 Å². The molecule has 3 saturated heterocycles. The minimum atomic E-state index is -0.172. The Kier molecular flexibility index (Phi) is 4.49. The molecule has 7 unspecified atom stereocenters. The fraction of sp³-hybridized carbons (Fsp3) is 0.714. The molecule has 2 saturated carbocycles. The molecule has 2 aliphatic carbocycles. The smallest absolute Gasteiger partial charge is 0.129 e. The molecule has 3 heterocycles. The molecule has 3 N–H and O–H groups in total. The van der Waals surface area contributed by atoms with Crippen molar-refractivity contribution in [3.8, 4) is 0 Å². The lowest BCUT2D eigenvalue weighted by atomic mass is 9.81. The summed E-state index contributed by atoms with van der Waals surface area (Å²) in [6.07, 6.45) is 7.07. The van der Waals surface area contributed by atoms with Gasteiger partial charge in [0.05, 0.1) is 17.7 Å². The van der Waals surface area contributed by atoms with Gasteiger partial charge in [-0.2, -0.15) is 0 Å². The summed E-state index contributed by atoms with van der Waals surface area (Å²) < 4.78 is 15.0. The summed E-state index contributed by atoms with van der Waals surface area (Å²) in [7, 11) is 0. The average molecular weight is 423 g/mol. The lowest BCUT2D eigenvalue weighted by Crippen LogP contribution is -2.52. The van der Waals surface area contributed by atoms with E-state index in [1.807, 2.05) is 6.07 Å². The minimum Gasteiger partial charge on any atom is -0.304 e. The van der Waals surface area contributed by atoms with Gasteiger partial charge in [0, 0.05) is 33.8 Å². The fourth-order valence-electron chi connectivity index (χ4n) is 6.26. The number of fused-ring (bicyclic) bond motifs is 5. The van der Waals surface area contributed by atoms with Crippen LogP contribution in [0.4, 0.5) is 4.39 Å². The lowest BCUT2D eigenvalue weighted by molar-refractivity contribution is 0.112. The molecule has 0 aromatic heterocycles. The van der Waals surface area contributed by atoms with Crippen molar-refractivity contribution in [1.82, 2.24) is 21.1 Å². The Morgan fingerprint density at radius 3 is 2.75 bits per heavy atom. The summed E-state index contributed by atoms with van der Waals surface area (Å²) in [5, 5.41) is 5.48. The zero-order valence-electron chi connectivity index (χ0n) is 16.1. The van der Waals surface area contributed by atoms with Gasteiger partial charge in [-0.05, 0) is 56.6 Å². The molecule has 0 amide bonds. The molecule has 3 aliphatic heterocycles. The maximum atomic E-state index is 15.0. The number of benzene rings is 1. The highest BCUT2D eigenvalue weighted by Gasteiger charge is 2.59. The van der Waals surface area contributed by atoms with Crippen LogP contribution in [-0.2, 0) is 0 Å². The average Bonchev–Trinajstić information content (AvgIpc) is 3.12. The van der Waals surface area contributed by atoms with E-state index in [0.717, 1.165) is 5.92 Å². The summed E-state index contributed by atoms with van der Waals surface area (Å²) in [5.74, 6) is 1.58. The first-order valence-corrected chi connectivity index (χ1v) is 12.1. The Bertz CT molecular complexity index is 757. The second kappa shape index (κ2) is 6.82. The molecular formula is C21H28ClFN4S. The summed E-state index contributed by atoms with van der Waals surface area (Å²) in [4.78, 5) is 2.71. The molecule has 28 heavy (non-hydrogen) atoms. The van der Waals surface area contributed by atoms with Crippen LogP contribution in [0.5, 0.6) is 0 Å². The van der Waals surface area contributed by atoms with Crippen LogP contribution < -0.4 is 16.2 Å². The predicted molar refractivity (Wildman–Crippen MR) is 111 cm³/mol. The monoisotopic (exact) mass is 422 g/mol. The third-order valence-electron chi connectivity index (χ3n) is 7.64. The van der Waals surface area contributed by atoms with Crippen molar-refractivity contribution in [2.75, 3.05) is 0 Å². The van der Waals surface area contributed by atoms with Crippen molar-refractivity contribution in [3.63, 3.8) is 0 Å². The van der Waals surface area contributed by atoms with E-state index >= 15 is 4.39 Å². The molecule has 1 aromatic carbocycles. The molecule has 5 fully saturated rings. The van der Waals surface area contributed by atoms with Crippen LogP contribution >= 0.6 is 23.4 Å². The van der Waals surface area contributed by atoms with E-state index in [1.165, 1.54) is 32.1 Å². The van der Waals surface area contributed by atoms with Crippen molar-refractivity contribution < 1.29 is 4.39 Å². The fourth-order valence-corrected chi connectivity index (χ4v) is 8.67. The van der Waals surface area contributed by atoms with E-state index in [2.05, 4.69) is 39.8 Å². The molecule has 5 aliphatic rings. The third kappa shape index (κ3) is 2.72. The third-order valence-corrected chi connectivity index (χ3v) is 9.74. The van der Waals surface area contributed by atoms with Gasteiger partial charge < -0.3 is 5.32 Å². The maximum Gasteiger partial charge on any atom is 0.129 e. The molecule has 0 spiro atoms. The maximum absolute atomic E-state index is 15.0. The Hall–Kier alpha value is -0.370. The number of hydrogen-bond donors (Lipinski definition) is 3. The SMILES string of the molecule is C[C@@H]1NC(c2c(F)cccc2Cl)C2C3CCCC3SC2N2C(C3CC3)NNC12. The largest absolute Gasteiger partial charge is 0.304 e. The second-order valence-corrected chi connectivity index (χ2v) is 11.0. The van der Waals surface area contributed by atoms with E-state index < -0.39 is 0 Å². The standard InChI is InChI=1S/C21H28ClFN4S/c1-10-19-25-26-20(11-8-9-11)27(19)21-16(12-4-2-7-15(12)28-21)18(24-10)17-13(22)5-3-6-14(17)23/h3,5-6,10-12,15-16,18-21,24-26H,2,4,7-9H2,1H3/t10-,12?,15?,16?,18?,19?,20?,21?/m0/s1. The molecule has 7 heteroatoms. The first kappa shape index (κ1) is 18.4. The van der Waals surface area contributed by atoms with Crippen molar-refractivity contribution in [3.05, 3.63) is 34.6 Å². The lowest BCUT2D eigenvalue weighted by Gasteiger charge is -2.37. The first-order valence-electron chi connectivity index (χ1n) is 10.8. The van der Waals surface area contributed by atoms with Crippen LogP contribution in [0.2, 0.25) is 5.02 Å². The van der Waals surface area contributed by atoms with Crippen LogP contribution in [0.15, 0.2) is 18.2 Å². The van der Waals surface area contributed by atoms with Crippen LogP contribution in [0.25, 0.3) is 0 Å². The normalized spacial score (nSPS) is 45.5. The van der Waals surface area contributed by atoms with Crippen LogP contribution in [0.3, 0.4) is 0 Å². The molecule has 8 atom stereocenters. The van der Waals surface area contributed by atoms with Gasteiger partial charge in [0.25, 0.3) is 0 Å². The minimum absolute atomic E-state index is 0.0402. The molecule has 152 valence electrons. The number of nitrogens with zero attached hydrogens (tertiary/aromatic N) is 1. The van der Waals surface area contributed by atoms with E-state index in [-0.39, 0.29) is 24.1 Å². The highest BCUT2D eigenvalue weighted by atomic mass is 35.5. The number of thioether (sulfide) groups is 1. The summed E-state index contributed by atoms with van der Waals surface area (Å²) in [5.41, 5.74) is 7.85. The van der Waals surface area contributed by atoms with Crippen molar-refractivity contribution in [2.45, 2.75) is 74.1 Å². The summed E-state index contributed by atoms with van der Waals surface area (Å²) in [6, 6.07) is 5.28. The van der Waals surface area contributed by atoms with Gasteiger partial charge in [-0.25, -0.2) is 15.2 Å². The molecule has 0 radical (unpaired) electrons. The number of hydrogen-bond acceptors (Lipinski definition) is 5. The van der Waals surface area contributed by atoms with Gasteiger partial charge >= 0.3 is 0 Å². The van der Waals surface area contributed by atoms with Crippen molar-refractivity contribution in [1.29, 1.82) is 0 Å². The molecule has 4 nitrogen and oxygen atoms in total. The van der Waals surface area contributed by atoms with E-state index in [0.29, 0.717) is 39.2 Å². The first-order chi connectivity index (χ1) is 13.6. The Labute approximate surface area is 175 Å². The Balaban J connectivity index is 1.46. The topological polar surface area (TPSA) is 39.3 Å². The summed E-state index contributed by atoms with van der Waals surface area (Å²) >= 11 is 8.74. The number of nitrogens with one attached hydrogen (secondary N) is 3. The highest BCUT2D eigenvalue weighted by Crippen LogP contribution is 2.59. The summed E-state index contributed by atoms with van der Waals surface area (Å²) in [6.45, 7) is 2.22. The molecule has 0 bridgehead atoms. The van der Waals surface area contributed by atoms with Gasteiger partial charge in [0.2, 0.25) is 0 Å². The highest BCUT2D eigenvalue weighted by molar-refractivity contribution is 8.00. The molecule has 6 rings (SSSR count). The number of rotatable bonds is 2. The van der Waals surface area contributed by atoms with Gasteiger partial charge in [-0.1, -0.05) is 24.1 Å². The zero-order chi connectivity index (χ0) is 19.0. The van der Waals surface area contributed by atoms with Gasteiger partial charge in [-0.15, -0.1) is 11.8 Å². The van der Waals surface area contributed by atoms with E-state index in [9.17, 15) is 0 Å². The van der Waals surface area contributed by atoms with Crippen LogP contribution in [0, 0.1) is 23.6 Å². The second-order valence-electron chi connectivity index (χ2n) is 9.27. The number of halogens is 2. The zero-order valence-corrected chi connectivity index (χ0v) is 17.6. The Morgan fingerprint density at radius 1 is 1.14 bits per heavy atom. The van der Waals surface area contributed by atoms with Crippen molar-refractivity contribution in [2.24, 2.45) is 17.8 Å². The van der Waals surface area contributed by atoms with Crippen LogP contribution in [-0.4, -0.2) is 33.9 Å². The van der Waals surface area contributed by atoms with Gasteiger partial charge in [0.15, 0.2) is 0 Å². The van der Waals surface area contributed by atoms with Gasteiger partial charge in [-0.3, -0.25) is 4.90 Å². The number of hydrazine groups is 1. The van der Waals surface area contributed by atoms with Gasteiger partial charge in [0.1, 0.15) is 5.82 Å². The molecule has 1 aromatic rings. The van der Waals surface area contributed by atoms with Crippen molar-refractivity contribution >= 4 is 23.4 Å². The molecular weight excluding hydrogens is 395 g/mol. The quantitative estimate of drug-likeness (QED) is 0.675. The van der Waals surface area contributed by atoms with E-state index in [4.69, 9.17) is 11.6 Å². The Morgan fingerprint density at radius 2 is 1.96 bits per heavy atom.